The highest BCUT2D eigenvalue weighted by atomic mass is 16.5. The molecule has 0 bridgehead atoms. The average Bonchev–Trinajstić information content (AvgIpc) is 3.13. The van der Waals surface area contributed by atoms with E-state index in [2.05, 4.69) is 24.2 Å². The number of aryl methyl sites for hydroxylation is 3. The molecule has 1 aromatic heterocycles. The Bertz CT molecular complexity index is 861. The number of hydrogen-bond donors (Lipinski definition) is 0. The molecule has 1 atom stereocenters. The van der Waals surface area contributed by atoms with Crippen LogP contribution in [0.4, 0.5) is 0 Å². The third-order valence-electron chi connectivity index (χ3n) is 5.89. The summed E-state index contributed by atoms with van der Waals surface area (Å²) >= 11 is 0. The largest absolute Gasteiger partial charge is 0.466 e. The fourth-order valence-corrected chi connectivity index (χ4v) is 4.18. The van der Waals surface area contributed by atoms with Crippen LogP contribution in [0.1, 0.15) is 43.0 Å². The van der Waals surface area contributed by atoms with Crippen LogP contribution >= 0.6 is 0 Å². The maximum absolute atomic E-state index is 13.0. The van der Waals surface area contributed by atoms with Crippen LogP contribution in [0.2, 0.25) is 0 Å². The molecule has 6 heteroatoms. The first-order valence-electron chi connectivity index (χ1n) is 10.4. The Balaban J connectivity index is 1.76. The van der Waals surface area contributed by atoms with Gasteiger partial charge in [0.25, 0.3) is 0 Å². The molecule has 0 N–H and O–H groups in total. The SMILES string of the molecule is CCOC(=O)[C@@]1(Cc2ccccc2C)CCCN(C(=O)CCn2nccc2C)C1. The Morgan fingerprint density at radius 1 is 1.21 bits per heavy atom. The molecule has 0 unspecified atom stereocenters. The number of likely N-dealkylation sites (tertiary alicyclic amines) is 1. The average molecular weight is 398 g/mol. The summed E-state index contributed by atoms with van der Waals surface area (Å²) in [6.45, 7) is 7.87. The molecule has 2 heterocycles. The molecule has 1 saturated heterocycles. The molecule has 1 fully saturated rings. The zero-order valence-electron chi connectivity index (χ0n) is 17.7. The summed E-state index contributed by atoms with van der Waals surface area (Å²) in [4.78, 5) is 27.8. The molecular weight excluding hydrogens is 366 g/mol. The van der Waals surface area contributed by atoms with Crippen molar-refractivity contribution in [3.8, 4) is 0 Å². The molecule has 3 rings (SSSR count). The van der Waals surface area contributed by atoms with E-state index in [9.17, 15) is 9.59 Å². The maximum atomic E-state index is 13.0. The second kappa shape index (κ2) is 9.25. The fourth-order valence-electron chi connectivity index (χ4n) is 4.18. The topological polar surface area (TPSA) is 64.4 Å². The minimum Gasteiger partial charge on any atom is -0.466 e. The van der Waals surface area contributed by atoms with Gasteiger partial charge in [-0.2, -0.15) is 5.10 Å². The Morgan fingerprint density at radius 2 is 2.00 bits per heavy atom. The molecule has 1 aliphatic rings. The number of piperidine rings is 1. The van der Waals surface area contributed by atoms with Crippen molar-refractivity contribution in [3.63, 3.8) is 0 Å². The van der Waals surface area contributed by atoms with Crippen molar-refractivity contribution < 1.29 is 14.3 Å². The highest BCUT2D eigenvalue weighted by Gasteiger charge is 2.44. The van der Waals surface area contributed by atoms with E-state index in [-0.39, 0.29) is 11.9 Å². The van der Waals surface area contributed by atoms with E-state index in [1.54, 1.807) is 6.20 Å². The molecule has 0 spiro atoms. The molecule has 156 valence electrons. The molecule has 1 amide bonds. The van der Waals surface area contributed by atoms with Crippen LogP contribution in [0.5, 0.6) is 0 Å². The zero-order valence-corrected chi connectivity index (χ0v) is 17.7. The van der Waals surface area contributed by atoms with Crippen LogP contribution in [0.25, 0.3) is 0 Å². The van der Waals surface area contributed by atoms with Crippen molar-refractivity contribution in [1.29, 1.82) is 0 Å². The van der Waals surface area contributed by atoms with E-state index in [1.807, 2.05) is 41.6 Å². The first-order valence-corrected chi connectivity index (χ1v) is 10.4. The number of esters is 1. The fraction of sp³-hybridized carbons (Fsp3) is 0.522. The molecule has 1 aromatic carbocycles. The molecule has 0 aliphatic carbocycles. The highest BCUT2D eigenvalue weighted by molar-refractivity contribution is 5.81. The van der Waals surface area contributed by atoms with Gasteiger partial charge in [-0.15, -0.1) is 0 Å². The third kappa shape index (κ3) is 4.86. The smallest absolute Gasteiger partial charge is 0.314 e. The normalized spacial score (nSPS) is 19.2. The van der Waals surface area contributed by atoms with Crippen LogP contribution < -0.4 is 0 Å². The van der Waals surface area contributed by atoms with E-state index in [0.29, 0.717) is 39.1 Å². The summed E-state index contributed by atoms with van der Waals surface area (Å²) in [6.07, 6.45) is 4.26. The number of ether oxygens (including phenoxy) is 1. The lowest BCUT2D eigenvalue weighted by Crippen LogP contribution is -2.51. The molecule has 6 nitrogen and oxygen atoms in total. The van der Waals surface area contributed by atoms with Crippen LogP contribution in [0.15, 0.2) is 36.5 Å². The van der Waals surface area contributed by atoms with Gasteiger partial charge in [0, 0.05) is 37.9 Å². The Hall–Kier alpha value is -2.63. The summed E-state index contributed by atoms with van der Waals surface area (Å²) in [7, 11) is 0. The number of rotatable bonds is 7. The molecule has 1 aliphatic heterocycles. The van der Waals surface area contributed by atoms with Crippen LogP contribution in [-0.2, 0) is 27.3 Å². The minimum atomic E-state index is -0.683. The van der Waals surface area contributed by atoms with Gasteiger partial charge in [-0.05, 0) is 57.2 Å². The lowest BCUT2D eigenvalue weighted by atomic mass is 9.74. The van der Waals surface area contributed by atoms with E-state index in [4.69, 9.17) is 4.74 Å². The Labute approximate surface area is 172 Å². The number of carbonyl (C=O) groups excluding carboxylic acids is 2. The van der Waals surface area contributed by atoms with Crippen molar-refractivity contribution in [2.75, 3.05) is 19.7 Å². The second-order valence-corrected chi connectivity index (χ2v) is 7.97. The molecule has 0 radical (unpaired) electrons. The van der Waals surface area contributed by atoms with E-state index >= 15 is 0 Å². The summed E-state index contributed by atoms with van der Waals surface area (Å²) in [5.74, 6) is -0.123. The number of amides is 1. The van der Waals surface area contributed by atoms with E-state index < -0.39 is 5.41 Å². The predicted octanol–water partition coefficient (Wildman–Crippen LogP) is 3.30. The van der Waals surface area contributed by atoms with Gasteiger partial charge in [0.15, 0.2) is 0 Å². The monoisotopic (exact) mass is 397 g/mol. The van der Waals surface area contributed by atoms with Crippen molar-refractivity contribution >= 4 is 11.9 Å². The first-order chi connectivity index (χ1) is 13.9. The van der Waals surface area contributed by atoms with Crippen molar-refractivity contribution in [3.05, 3.63) is 53.3 Å². The number of hydrogen-bond acceptors (Lipinski definition) is 4. The lowest BCUT2D eigenvalue weighted by molar-refractivity contribution is -0.160. The summed E-state index contributed by atoms with van der Waals surface area (Å²) < 4.78 is 7.31. The molecular formula is C23H31N3O3. The second-order valence-electron chi connectivity index (χ2n) is 7.97. The molecule has 0 saturated carbocycles. The summed E-state index contributed by atoms with van der Waals surface area (Å²) in [6, 6.07) is 10.1. The Morgan fingerprint density at radius 3 is 2.69 bits per heavy atom. The number of nitrogens with zero attached hydrogens (tertiary/aromatic N) is 3. The summed E-state index contributed by atoms with van der Waals surface area (Å²) in [5.41, 5.74) is 2.66. The van der Waals surface area contributed by atoms with Crippen molar-refractivity contribution in [2.24, 2.45) is 5.41 Å². The highest BCUT2D eigenvalue weighted by Crippen LogP contribution is 2.36. The van der Waals surface area contributed by atoms with E-state index in [1.165, 1.54) is 0 Å². The van der Waals surface area contributed by atoms with Gasteiger partial charge in [0.1, 0.15) is 0 Å². The maximum Gasteiger partial charge on any atom is 0.314 e. The molecule has 29 heavy (non-hydrogen) atoms. The van der Waals surface area contributed by atoms with Crippen LogP contribution in [0, 0.1) is 19.3 Å². The van der Waals surface area contributed by atoms with Crippen molar-refractivity contribution in [1.82, 2.24) is 14.7 Å². The predicted molar refractivity (Wildman–Crippen MR) is 111 cm³/mol. The van der Waals surface area contributed by atoms with Gasteiger partial charge in [0.05, 0.1) is 12.0 Å². The van der Waals surface area contributed by atoms with Gasteiger partial charge in [-0.3, -0.25) is 14.3 Å². The minimum absolute atomic E-state index is 0.0676. The zero-order chi connectivity index (χ0) is 20.9. The van der Waals surface area contributed by atoms with Crippen LogP contribution in [-0.4, -0.2) is 46.3 Å². The summed E-state index contributed by atoms with van der Waals surface area (Å²) in [5, 5.41) is 4.25. The Kier molecular flexibility index (Phi) is 6.72. The third-order valence-corrected chi connectivity index (χ3v) is 5.89. The van der Waals surface area contributed by atoms with Crippen LogP contribution in [0.3, 0.4) is 0 Å². The van der Waals surface area contributed by atoms with Gasteiger partial charge in [-0.25, -0.2) is 0 Å². The lowest BCUT2D eigenvalue weighted by Gasteiger charge is -2.41. The molecule has 2 aromatic rings. The first kappa shape index (κ1) is 21.1. The number of aromatic nitrogens is 2. The number of benzene rings is 1. The van der Waals surface area contributed by atoms with Gasteiger partial charge < -0.3 is 9.64 Å². The quantitative estimate of drug-likeness (QED) is 0.673. The number of carbonyl (C=O) groups is 2. The van der Waals surface area contributed by atoms with Gasteiger partial charge in [-0.1, -0.05) is 24.3 Å². The van der Waals surface area contributed by atoms with Crippen molar-refractivity contribution in [2.45, 2.75) is 53.0 Å². The van der Waals surface area contributed by atoms with Gasteiger partial charge >= 0.3 is 5.97 Å². The van der Waals surface area contributed by atoms with E-state index in [0.717, 1.165) is 29.7 Å². The van der Waals surface area contributed by atoms with Gasteiger partial charge in [0.2, 0.25) is 5.91 Å². The standard InChI is InChI=1S/C23H31N3O3/c1-4-29-22(28)23(16-20-9-6-5-8-18(20)2)12-7-14-25(17-23)21(27)11-15-26-19(3)10-13-24-26/h5-6,8-10,13H,4,7,11-12,14-17H2,1-3H3/t23-/m1/s1.